The van der Waals surface area contributed by atoms with Crippen LogP contribution in [0.5, 0.6) is 0 Å². The first kappa shape index (κ1) is 16.7. The van der Waals surface area contributed by atoms with Crippen LogP contribution in [0.2, 0.25) is 0 Å². The quantitative estimate of drug-likeness (QED) is 0.883. The van der Waals surface area contributed by atoms with E-state index in [0.29, 0.717) is 17.1 Å². The van der Waals surface area contributed by atoms with Crippen molar-refractivity contribution in [3.05, 3.63) is 47.8 Å². The number of aryl methyl sites for hydroxylation is 1. The maximum Gasteiger partial charge on any atom is 0.308 e. The van der Waals surface area contributed by atoms with Crippen molar-refractivity contribution in [3.8, 4) is 11.4 Å². The molecule has 2 aliphatic carbocycles. The Balaban J connectivity index is 1.54. The molecule has 4 rings (SSSR count). The van der Waals surface area contributed by atoms with Gasteiger partial charge in [0.05, 0.1) is 17.2 Å². The summed E-state index contributed by atoms with van der Waals surface area (Å²) >= 11 is 0. The summed E-state index contributed by atoms with van der Waals surface area (Å²) in [7, 11) is 0. The summed E-state index contributed by atoms with van der Waals surface area (Å²) < 4.78 is 0. The molecule has 26 heavy (non-hydrogen) atoms. The van der Waals surface area contributed by atoms with Crippen LogP contribution in [0.15, 0.2) is 36.5 Å². The van der Waals surface area contributed by atoms with Crippen molar-refractivity contribution >= 4 is 11.9 Å². The van der Waals surface area contributed by atoms with Gasteiger partial charge in [0.1, 0.15) is 0 Å². The van der Waals surface area contributed by atoms with Gasteiger partial charge in [0, 0.05) is 17.8 Å². The van der Waals surface area contributed by atoms with Gasteiger partial charge < -0.3 is 10.4 Å². The molecule has 0 spiro atoms. The lowest BCUT2D eigenvalue weighted by Gasteiger charge is -2.29. The van der Waals surface area contributed by atoms with Crippen LogP contribution < -0.4 is 5.32 Å². The minimum atomic E-state index is -0.810. The van der Waals surface area contributed by atoms with Crippen LogP contribution in [0, 0.1) is 24.7 Å². The molecule has 2 aliphatic rings. The smallest absolute Gasteiger partial charge is 0.308 e. The number of hydrogen-bond acceptors (Lipinski definition) is 4. The highest BCUT2D eigenvalue weighted by Crippen LogP contribution is 2.48. The molecule has 2 fully saturated rings. The van der Waals surface area contributed by atoms with Gasteiger partial charge in [-0.2, -0.15) is 0 Å². The fraction of sp³-hybridized carbons (Fsp3) is 0.400. The van der Waals surface area contributed by atoms with Gasteiger partial charge in [-0.1, -0.05) is 30.3 Å². The number of aliphatic carboxylic acids is 1. The Hall–Kier alpha value is -2.76. The van der Waals surface area contributed by atoms with E-state index in [1.54, 1.807) is 6.92 Å². The number of carboxylic acids is 1. The number of hydrogen-bond donors (Lipinski definition) is 2. The second-order valence-corrected chi connectivity index (χ2v) is 7.26. The number of amides is 1. The van der Waals surface area contributed by atoms with Gasteiger partial charge in [-0.15, -0.1) is 0 Å². The molecule has 0 unspecified atom stereocenters. The van der Waals surface area contributed by atoms with Gasteiger partial charge in [0.2, 0.25) is 0 Å². The van der Waals surface area contributed by atoms with Crippen molar-refractivity contribution in [2.45, 2.75) is 32.2 Å². The van der Waals surface area contributed by atoms with E-state index in [-0.39, 0.29) is 23.8 Å². The minimum absolute atomic E-state index is 0.181. The van der Waals surface area contributed by atoms with Gasteiger partial charge in [-0.3, -0.25) is 9.59 Å². The first-order valence-corrected chi connectivity index (χ1v) is 8.97. The number of fused-ring (bicyclic) bond motifs is 2. The molecule has 6 nitrogen and oxygen atoms in total. The maximum atomic E-state index is 12.7. The SMILES string of the molecule is Cc1nc(-c2ccccc2)ncc1C(=O)N[C@H]1[C@@H]2CC[C@@H](C2)[C@H]1C(=O)O. The zero-order chi connectivity index (χ0) is 18.3. The molecule has 0 saturated heterocycles. The number of rotatable bonds is 4. The summed E-state index contributed by atoms with van der Waals surface area (Å²) in [6, 6.07) is 9.28. The number of benzene rings is 1. The van der Waals surface area contributed by atoms with Crippen LogP contribution in [0.4, 0.5) is 0 Å². The van der Waals surface area contributed by atoms with Crippen molar-refractivity contribution < 1.29 is 14.7 Å². The van der Waals surface area contributed by atoms with Crippen LogP contribution in [0.3, 0.4) is 0 Å². The highest BCUT2D eigenvalue weighted by molar-refractivity contribution is 5.95. The largest absolute Gasteiger partial charge is 0.481 e. The Labute approximate surface area is 151 Å². The van der Waals surface area contributed by atoms with Crippen LogP contribution in [-0.4, -0.2) is 33.0 Å². The summed E-state index contributed by atoms with van der Waals surface area (Å²) in [5.74, 6) is -0.568. The van der Waals surface area contributed by atoms with Crippen molar-refractivity contribution in [3.63, 3.8) is 0 Å². The summed E-state index contributed by atoms with van der Waals surface area (Å²) in [6.07, 6.45) is 4.36. The monoisotopic (exact) mass is 351 g/mol. The minimum Gasteiger partial charge on any atom is -0.481 e. The average molecular weight is 351 g/mol. The van der Waals surface area contributed by atoms with Crippen LogP contribution >= 0.6 is 0 Å². The standard InChI is InChI=1S/C20H21N3O3/c1-11-15(10-21-18(22-11)12-5-3-2-4-6-12)19(24)23-17-14-8-7-13(9-14)16(17)20(25)26/h2-6,10,13-14,16-17H,7-9H2,1H3,(H,23,24)(H,25,26)/t13-,14+,16+,17-/m0/s1. The number of nitrogens with one attached hydrogen (secondary N) is 1. The van der Waals surface area contributed by atoms with E-state index in [2.05, 4.69) is 15.3 Å². The first-order chi connectivity index (χ1) is 12.5. The molecule has 6 heteroatoms. The molecular weight excluding hydrogens is 330 g/mol. The molecule has 134 valence electrons. The zero-order valence-corrected chi connectivity index (χ0v) is 14.6. The summed E-state index contributed by atoms with van der Waals surface area (Å²) in [4.78, 5) is 33.1. The third kappa shape index (κ3) is 2.85. The lowest BCUT2D eigenvalue weighted by atomic mass is 9.84. The molecule has 1 aromatic carbocycles. The topological polar surface area (TPSA) is 92.2 Å². The second-order valence-electron chi connectivity index (χ2n) is 7.26. The van der Waals surface area contributed by atoms with E-state index in [1.165, 1.54) is 6.20 Å². The van der Waals surface area contributed by atoms with Gasteiger partial charge in [-0.05, 0) is 38.0 Å². The van der Waals surface area contributed by atoms with Gasteiger partial charge in [-0.25, -0.2) is 9.97 Å². The Morgan fingerprint density at radius 2 is 1.88 bits per heavy atom. The van der Waals surface area contributed by atoms with Crippen molar-refractivity contribution in [2.75, 3.05) is 0 Å². The Morgan fingerprint density at radius 3 is 2.58 bits per heavy atom. The van der Waals surface area contributed by atoms with Crippen LogP contribution in [0.1, 0.15) is 35.3 Å². The Kier molecular flexibility index (Phi) is 4.18. The molecule has 2 aromatic rings. The third-order valence-corrected chi connectivity index (χ3v) is 5.76. The fourth-order valence-corrected chi connectivity index (χ4v) is 4.50. The molecule has 0 radical (unpaired) electrons. The molecule has 1 aromatic heterocycles. The molecule has 2 N–H and O–H groups in total. The number of carboxylic acid groups (broad SMARTS) is 1. The van der Waals surface area contributed by atoms with Crippen molar-refractivity contribution in [1.82, 2.24) is 15.3 Å². The van der Waals surface area contributed by atoms with Crippen molar-refractivity contribution in [2.24, 2.45) is 17.8 Å². The fourth-order valence-electron chi connectivity index (χ4n) is 4.50. The van der Waals surface area contributed by atoms with E-state index >= 15 is 0 Å². The third-order valence-electron chi connectivity index (χ3n) is 5.76. The maximum absolute atomic E-state index is 12.7. The van der Waals surface area contributed by atoms with E-state index in [1.807, 2.05) is 30.3 Å². The van der Waals surface area contributed by atoms with Crippen molar-refractivity contribution in [1.29, 1.82) is 0 Å². The molecule has 2 bridgehead atoms. The summed E-state index contributed by atoms with van der Waals surface area (Å²) in [6.45, 7) is 1.78. The normalized spacial score (nSPS) is 26.7. The van der Waals surface area contributed by atoms with E-state index < -0.39 is 11.9 Å². The predicted molar refractivity (Wildman–Crippen MR) is 95.4 cm³/mol. The van der Waals surface area contributed by atoms with Gasteiger partial charge >= 0.3 is 5.97 Å². The zero-order valence-electron chi connectivity index (χ0n) is 14.6. The molecule has 4 atom stereocenters. The number of carbonyl (C=O) groups excluding carboxylic acids is 1. The van der Waals surface area contributed by atoms with E-state index in [0.717, 1.165) is 24.8 Å². The molecule has 1 amide bonds. The molecular formula is C20H21N3O3. The first-order valence-electron chi connectivity index (χ1n) is 8.97. The summed E-state index contributed by atoms with van der Waals surface area (Å²) in [5.41, 5.74) is 1.88. The number of carbonyl (C=O) groups is 2. The second kappa shape index (κ2) is 6.52. The molecule has 0 aliphatic heterocycles. The van der Waals surface area contributed by atoms with Gasteiger partial charge in [0.25, 0.3) is 5.91 Å². The van der Waals surface area contributed by atoms with Crippen LogP contribution in [-0.2, 0) is 4.79 Å². The van der Waals surface area contributed by atoms with Gasteiger partial charge in [0.15, 0.2) is 5.82 Å². The number of aromatic nitrogens is 2. The Morgan fingerprint density at radius 1 is 1.15 bits per heavy atom. The highest BCUT2D eigenvalue weighted by atomic mass is 16.4. The van der Waals surface area contributed by atoms with E-state index in [4.69, 9.17) is 0 Å². The summed E-state index contributed by atoms with van der Waals surface area (Å²) in [5, 5.41) is 12.5. The lowest BCUT2D eigenvalue weighted by Crippen LogP contribution is -2.47. The molecule has 2 saturated carbocycles. The lowest BCUT2D eigenvalue weighted by molar-refractivity contribution is -0.144. The molecule has 1 heterocycles. The van der Waals surface area contributed by atoms with E-state index in [9.17, 15) is 14.7 Å². The number of nitrogens with zero attached hydrogens (tertiary/aromatic N) is 2. The predicted octanol–water partition coefficient (Wildman–Crippen LogP) is 2.68. The Bertz CT molecular complexity index is 853. The highest BCUT2D eigenvalue weighted by Gasteiger charge is 2.51. The van der Waals surface area contributed by atoms with Crippen LogP contribution in [0.25, 0.3) is 11.4 Å². The average Bonchev–Trinajstić information content (AvgIpc) is 3.23.